The van der Waals surface area contributed by atoms with Gasteiger partial charge in [0.1, 0.15) is 0 Å². The van der Waals surface area contributed by atoms with Crippen LogP contribution >= 0.6 is 0 Å². The maximum absolute atomic E-state index is 12.3. The van der Waals surface area contributed by atoms with Gasteiger partial charge in [-0.25, -0.2) is 4.79 Å². The number of hydrogen-bond acceptors (Lipinski definition) is 3. The smallest absolute Gasteiger partial charge is 0.314 e. The summed E-state index contributed by atoms with van der Waals surface area (Å²) in [5.41, 5.74) is 1.66. The third-order valence-corrected chi connectivity index (χ3v) is 4.72. The zero-order chi connectivity index (χ0) is 17.6. The predicted octanol–water partition coefficient (Wildman–Crippen LogP) is 2.06. The highest BCUT2D eigenvalue weighted by Crippen LogP contribution is 2.18. The van der Waals surface area contributed by atoms with E-state index in [1.54, 1.807) is 0 Å². The van der Waals surface area contributed by atoms with Crippen LogP contribution in [0.4, 0.5) is 4.79 Å². The van der Waals surface area contributed by atoms with Crippen LogP contribution in [-0.2, 0) is 6.54 Å². The van der Waals surface area contributed by atoms with E-state index in [0.717, 1.165) is 42.4 Å². The van der Waals surface area contributed by atoms with E-state index in [1.165, 1.54) is 0 Å². The van der Waals surface area contributed by atoms with Crippen molar-refractivity contribution in [1.29, 1.82) is 0 Å². The van der Waals surface area contributed by atoms with Crippen molar-refractivity contribution in [3.63, 3.8) is 0 Å². The highest BCUT2D eigenvalue weighted by molar-refractivity contribution is 5.78. The lowest BCUT2D eigenvalue weighted by molar-refractivity contribution is 0.164. The van der Waals surface area contributed by atoms with Crippen molar-refractivity contribution >= 4 is 16.9 Å². The first-order chi connectivity index (χ1) is 12.2. The van der Waals surface area contributed by atoms with E-state index in [4.69, 9.17) is 0 Å². The van der Waals surface area contributed by atoms with Gasteiger partial charge in [-0.05, 0) is 49.7 Å². The van der Waals surface area contributed by atoms with E-state index in [-0.39, 0.29) is 11.6 Å². The van der Waals surface area contributed by atoms with Crippen LogP contribution in [-0.4, -0.2) is 42.1 Å². The number of para-hydroxylation sites is 1. The monoisotopic (exact) mass is 342 g/mol. The molecule has 1 aliphatic rings. The molecule has 1 aromatic carbocycles. The van der Waals surface area contributed by atoms with E-state index in [2.05, 4.69) is 20.5 Å². The largest absolute Gasteiger partial charge is 0.338 e. The number of aromatic amines is 1. The van der Waals surface area contributed by atoms with Crippen LogP contribution in [0, 0.1) is 5.92 Å². The molecule has 0 spiro atoms. The molecular weight excluding hydrogens is 316 g/mol. The highest BCUT2D eigenvalue weighted by Gasteiger charge is 2.21. The van der Waals surface area contributed by atoms with Gasteiger partial charge in [0.05, 0.1) is 0 Å². The summed E-state index contributed by atoms with van der Waals surface area (Å²) in [4.78, 5) is 29.2. The number of piperidine rings is 1. The molecule has 0 aliphatic carbocycles. The minimum Gasteiger partial charge on any atom is -0.338 e. The maximum atomic E-state index is 12.3. The second-order valence-electron chi connectivity index (χ2n) is 6.69. The Morgan fingerprint density at radius 3 is 3.00 bits per heavy atom. The summed E-state index contributed by atoms with van der Waals surface area (Å²) in [6, 6.07) is 9.73. The van der Waals surface area contributed by atoms with Crippen LogP contribution < -0.4 is 16.2 Å². The molecule has 2 aromatic rings. The molecule has 6 nitrogen and oxygen atoms in total. The molecule has 6 heteroatoms. The van der Waals surface area contributed by atoms with Gasteiger partial charge in [0.2, 0.25) is 0 Å². The molecule has 2 heterocycles. The number of urea groups is 1. The molecular formula is C19H26N4O2. The molecule has 134 valence electrons. The zero-order valence-electron chi connectivity index (χ0n) is 14.7. The minimum atomic E-state index is -0.106. The summed E-state index contributed by atoms with van der Waals surface area (Å²) < 4.78 is 0. The molecule has 0 radical (unpaired) electrons. The molecule has 3 N–H and O–H groups in total. The lowest BCUT2D eigenvalue weighted by Gasteiger charge is -2.32. The first kappa shape index (κ1) is 17.5. The number of rotatable bonds is 5. The summed E-state index contributed by atoms with van der Waals surface area (Å²) in [5.74, 6) is 0.427. The second kappa shape index (κ2) is 8.16. The van der Waals surface area contributed by atoms with E-state index < -0.39 is 0 Å². The lowest BCUT2D eigenvalue weighted by Crippen LogP contribution is -2.43. The average molecular weight is 342 g/mol. The third kappa shape index (κ3) is 4.60. The van der Waals surface area contributed by atoms with Crippen molar-refractivity contribution in [1.82, 2.24) is 20.5 Å². The number of H-pyrrole nitrogens is 1. The Balaban J connectivity index is 1.62. The molecule has 1 aromatic heterocycles. The normalized spacial score (nSPS) is 18.2. The fourth-order valence-corrected chi connectivity index (χ4v) is 3.47. The first-order valence-electron chi connectivity index (χ1n) is 9.00. The van der Waals surface area contributed by atoms with Crippen LogP contribution in [0.2, 0.25) is 0 Å². The molecule has 3 rings (SSSR count). The number of nitrogens with zero attached hydrogens (tertiary/aromatic N) is 1. The maximum Gasteiger partial charge on any atom is 0.314 e. The number of nitrogens with one attached hydrogen (secondary N) is 3. The standard InChI is InChI=1S/C19H26N4O2/c1-2-20-19(25)21-11-14-6-5-9-23(12-14)13-16-10-15-7-3-4-8-17(15)22-18(16)24/h3-4,7-8,10,14H,2,5-6,9,11-13H2,1H3,(H,22,24)(H2,20,21,25)/t14-/m1/s1. The fourth-order valence-electron chi connectivity index (χ4n) is 3.47. The quantitative estimate of drug-likeness (QED) is 0.778. The molecule has 2 amide bonds. The summed E-state index contributed by atoms with van der Waals surface area (Å²) in [5, 5.41) is 6.74. The number of pyridine rings is 1. The summed E-state index contributed by atoms with van der Waals surface area (Å²) in [6.07, 6.45) is 2.20. The molecule has 1 atom stereocenters. The summed E-state index contributed by atoms with van der Waals surface area (Å²) in [7, 11) is 0. The number of amides is 2. The van der Waals surface area contributed by atoms with Gasteiger partial charge in [0.25, 0.3) is 5.56 Å². The Kier molecular flexibility index (Phi) is 5.71. The number of fused-ring (bicyclic) bond motifs is 1. The van der Waals surface area contributed by atoms with E-state index in [1.807, 2.05) is 37.3 Å². The Morgan fingerprint density at radius 2 is 2.16 bits per heavy atom. The minimum absolute atomic E-state index is 0.0127. The first-order valence-corrected chi connectivity index (χ1v) is 9.00. The SMILES string of the molecule is CCNC(=O)NC[C@H]1CCCN(Cc2cc3ccccc3[nH]c2=O)C1. The van der Waals surface area contributed by atoms with Gasteiger partial charge in [-0.3, -0.25) is 9.69 Å². The summed E-state index contributed by atoms with van der Waals surface area (Å²) >= 11 is 0. The highest BCUT2D eigenvalue weighted by atomic mass is 16.2. The molecule has 1 fully saturated rings. The van der Waals surface area contributed by atoms with Crippen LogP contribution in [0.1, 0.15) is 25.3 Å². The van der Waals surface area contributed by atoms with Crippen molar-refractivity contribution in [2.24, 2.45) is 5.92 Å². The van der Waals surface area contributed by atoms with Crippen molar-refractivity contribution in [3.05, 3.63) is 46.2 Å². The van der Waals surface area contributed by atoms with Gasteiger partial charge in [0, 0.05) is 37.3 Å². The Bertz CT molecular complexity index is 786. The van der Waals surface area contributed by atoms with Crippen molar-refractivity contribution in [2.75, 3.05) is 26.2 Å². The van der Waals surface area contributed by atoms with Gasteiger partial charge >= 0.3 is 6.03 Å². The van der Waals surface area contributed by atoms with Crippen molar-refractivity contribution in [2.45, 2.75) is 26.3 Å². The van der Waals surface area contributed by atoms with Crippen molar-refractivity contribution in [3.8, 4) is 0 Å². The zero-order valence-corrected chi connectivity index (χ0v) is 14.7. The molecule has 25 heavy (non-hydrogen) atoms. The van der Waals surface area contributed by atoms with E-state index in [9.17, 15) is 9.59 Å². The topological polar surface area (TPSA) is 77.2 Å². The molecule has 1 saturated heterocycles. The number of aromatic nitrogens is 1. The third-order valence-electron chi connectivity index (χ3n) is 4.72. The van der Waals surface area contributed by atoms with Crippen LogP contribution in [0.15, 0.2) is 35.1 Å². The number of carbonyl (C=O) groups is 1. The van der Waals surface area contributed by atoms with Crippen molar-refractivity contribution < 1.29 is 4.79 Å². The number of carbonyl (C=O) groups excluding carboxylic acids is 1. The van der Waals surface area contributed by atoms with E-state index in [0.29, 0.717) is 25.6 Å². The second-order valence-corrected chi connectivity index (χ2v) is 6.69. The lowest BCUT2D eigenvalue weighted by atomic mass is 9.97. The average Bonchev–Trinajstić information content (AvgIpc) is 2.61. The fraction of sp³-hybridized carbons (Fsp3) is 0.474. The molecule has 0 unspecified atom stereocenters. The van der Waals surface area contributed by atoms with Crippen LogP contribution in [0.3, 0.4) is 0 Å². The number of benzene rings is 1. The number of likely N-dealkylation sites (tertiary alicyclic amines) is 1. The van der Waals surface area contributed by atoms with Gasteiger partial charge in [0.15, 0.2) is 0 Å². The van der Waals surface area contributed by atoms with Gasteiger partial charge < -0.3 is 15.6 Å². The molecule has 0 bridgehead atoms. The Labute approximate surface area is 147 Å². The molecule has 0 saturated carbocycles. The van der Waals surface area contributed by atoms with Gasteiger partial charge in [-0.2, -0.15) is 0 Å². The number of hydrogen-bond donors (Lipinski definition) is 3. The Hall–Kier alpha value is -2.34. The molecule has 1 aliphatic heterocycles. The van der Waals surface area contributed by atoms with E-state index >= 15 is 0 Å². The predicted molar refractivity (Wildman–Crippen MR) is 99.6 cm³/mol. The Morgan fingerprint density at radius 1 is 1.32 bits per heavy atom. The van der Waals surface area contributed by atoms with Crippen LogP contribution in [0.25, 0.3) is 10.9 Å². The van der Waals surface area contributed by atoms with Gasteiger partial charge in [-0.15, -0.1) is 0 Å². The summed E-state index contributed by atoms with van der Waals surface area (Å²) in [6.45, 7) is 5.76. The van der Waals surface area contributed by atoms with Crippen LogP contribution in [0.5, 0.6) is 0 Å². The van der Waals surface area contributed by atoms with Gasteiger partial charge in [-0.1, -0.05) is 18.2 Å².